The van der Waals surface area contributed by atoms with Gasteiger partial charge in [-0.1, -0.05) is 5.57 Å². The zero-order valence-corrected chi connectivity index (χ0v) is 8.39. The van der Waals surface area contributed by atoms with Crippen molar-refractivity contribution in [1.29, 1.82) is 0 Å². The van der Waals surface area contributed by atoms with Gasteiger partial charge in [0, 0.05) is 12.0 Å². The Bertz CT molecular complexity index is 157. The first-order valence-corrected chi connectivity index (χ1v) is 5.62. The van der Waals surface area contributed by atoms with Crippen molar-refractivity contribution in [2.75, 3.05) is 18.6 Å². The van der Waals surface area contributed by atoms with Gasteiger partial charge >= 0.3 is 0 Å². The van der Waals surface area contributed by atoms with Crippen LogP contribution in [0.1, 0.15) is 13.3 Å². The molecule has 1 aliphatic heterocycles. The van der Waals surface area contributed by atoms with Crippen LogP contribution in [0.5, 0.6) is 0 Å². The lowest BCUT2D eigenvalue weighted by atomic mass is 10.2. The van der Waals surface area contributed by atoms with Crippen LogP contribution in [0.2, 0.25) is 0 Å². The summed E-state index contributed by atoms with van der Waals surface area (Å²) >= 11 is 3.16. The fourth-order valence-electron chi connectivity index (χ4n) is 0.836. The molecule has 0 atom stereocenters. The second-order valence-corrected chi connectivity index (χ2v) is 3.87. The summed E-state index contributed by atoms with van der Waals surface area (Å²) in [5.41, 5.74) is 1.42. The van der Waals surface area contributed by atoms with E-state index in [1.54, 1.807) is 11.8 Å². The predicted molar refractivity (Wildman–Crippen MR) is 50.3 cm³/mol. The molecule has 0 aliphatic carbocycles. The molecule has 1 heterocycles. The van der Waals surface area contributed by atoms with Gasteiger partial charge in [-0.2, -0.15) is 4.33 Å². The third-order valence-corrected chi connectivity index (χ3v) is 3.34. The summed E-state index contributed by atoms with van der Waals surface area (Å²) in [5, 5.41) is 0. The van der Waals surface area contributed by atoms with Gasteiger partial charge in [0.05, 0.1) is 12.4 Å². The van der Waals surface area contributed by atoms with Gasteiger partial charge in [0.15, 0.2) is 0 Å². The van der Waals surface area contributed by atoms with Gasteiger partial charge in [-0.3, -0.25) is 0 Å². The molecule has 0 aromatic heterocycles. The second kappa shape index (κ2) is 5.09. The Hall–Kier alpha value is 0.360. The molecule has 4 heteroatoms. The quantitative estimate of drug-likeness (QED) is 0.469. The van der Waals surface area contributed by atoms with Crippen LogP contribution in [0, 0.1) is 0 Å². The van der Waals surface area contributed by atoms with Crippen molar-refractivity contribution < 1.29 is 9.22 Å². The molecule has 64 valence electrons. The van der Waals surface area contributed by atoms with Crippen LogP contribution in [-0.4, -0.2) is 18.6 Å². The van der Waals surface area contributed by atoms with Crippen molar-refractivity contribution in [3.63, 3.8) is 0 Å². The van der Waals surface area contributed by atoms with Crippen molar-refractivity contribution in [3.05, 3.63) is 10.5 Å². The summed E-state index contributed by atoms with van der Waals surface area (Å²) in [4.78, 5) is 6.27. The van der Waals surface area contributed by atoms with Gasteiger partial charge in [0.2, 0.25) is 0 Å². The first-order valence-electron chi connectivity index (χ1n) is 3.48. The summed E-state index contributed by atoms with van der Waals surface area (Å²) in [5.74, 6) is 0.910. The Morgan fingerprint density at radius 1 is 1.55 bits per heavy atom. The Morgan fingerprint density at radius 2 is 2.36 bits per heavy atom. The number of thioether (sulfide) groups is 1. The second-order valence-electron chi connectivity index (χ2n) is 2.31. The molecule has 0 spiro atoms. The van der Waals surface area contributed by atoms with Gasteiger partial charge in [0.1, 0.15) is 0 Å². The molecule has 0 bridgehead atoms. The summed E-state index contributed by atoms with van der Waals surface area (Å²) in [7, 11) is 0. The molecule has 0 saturated heterocycles. The Kier molecular flexibility index (Phi) is 4.37. The van der Waals surface area contributed by atoms with Crippen LogP contribution < -0.4 is 0 Å². The molecule has 0 aromatic carbocycles. The highest BCUT2D eigenvalue weighted by Gasteiger charge is 2.06. The van der Waals surface area contributed by atoms with Gasteiger partial charge in [-0.25, -0.2) is 4.89 Å². The average molecular weight is 192 g/mol. The normalized spacial score (nSPS) is 21.3. The Labute approximate surface area is 75.8 Å². The van der Waals surface area contributed by atoms with E-state index in [9.17, 15) is 0 Å². The molecule has 11 heavy (non-hydrogen) atoms. The zero-order chi connectivity index (χ0) is 8.10. The van der Waals surface area contributed by atoms with E-state index in [-0.39, 0.29) is 0 Å². The zero-order valence-electron chi connectivity index (χ0n) is 6.75. The van der Waals surface area contributed by atoms with E-state index >= 15 is 0 Å². The van der Waals surface area contributed by atoms with Crippen molar-refractivity contribution in [2.45, 2.75) is 13.3 Å². The van der Waals surface area contributed by atoms with E-state index in [2.05, 4.69) is 13.2 Å². The van der Waals surface area contributed by atoms with Crippen molar-refractivity contribution in [2.24, 2.45) is 0 Å². The molecule has 0 unspecified atom stereocenters. The van der Waals surface area contributed by atoms with Crippen LogP contribution in [0.4, 0.5) is 0 Å². The fourth-order valence-corrected chi connectivity index (χ4v) is 2.44. The maximum Gasteiger partial charge on any atom is 0.0872 e. The van der Waals surface area contributed by atoms with Crippen molar-refractivity contribution in [1.82, 2.24) is 0 Å². The minimum atomic E-state index is 0.670. The van der Waals surface area contributed by atoms with E-state index in [1.807, 2.05) is 0 Å². The average Bonchev–Trinajstić information content (AvgIpc) is 1.98. The standard InChI is InChI=1S/C7H12O2S2/c1-6-3-4-8-9-11-5-7(6)10-2/h3-5H2,1-2H3. The topological polar surface area (TPSA) is 18.5 Å². The molecule has 0 amide bonds. The van der Waals surface area contributed by atoms with Crippen LogP contribution in [0.3, 0.4) is 0 Å². The third-order valence-electron chi connectivity index (χ3n) is 1.57. The van der Waals surface area contributed by atoms with Crippen molar-refractivity contribution >= 4 is 23.8 Å². The molecule has 0 fully saturated rings. The summed E-state index contributed by atoms with van der Waals surface area (Å²) in [6, 6.07) is 0. The third kappa shape index (κ3) is 3.07. The summed E-state index contributed by atoms with van der Waals surface area (Å²) in [6.45, 7) is 2.82. The first-order chi connectivity index (χ1) is 5.34. The molecule has 1 aliphatic rings. The molecule has 0 aromatic rings. The van der Waals surface area contributed by atoms with Gasteiger partial charge in [-0.15, -0.1) is 11.8 Å². The minimum Gasteiger partial charge on any atom is -0.224 e. The molecule has 0 radical (unpaired) electrons. The summed E-state index contributed by atoms with van der Waals surface area (Å²) in [6.07, 6.45) is 3.08. The smallest absolute Gasteiger partial charge is 0.0872 e. The van der Waals surface area contributed by atoms with E-state index in [4.69, 9.17) is 9.22 Å². The largest absolute Gasteiger partial charge is 0.224 e. The van der Waals surface area contributed by atoms with Crippen LogP contribution in [0.15, 0.2) is 10.5 Å². The van der Waals surface area contributed by atoms with Crippen molar-refractivity contribution in [3.8, 4) is 0 Å². The monoisotopic (exact) mass is 192 g/mol. The maximum atomic E-state index is 4.86. The molecule has 2 nitrogen and oxygen atoms in total. The summed E-state index contributed by atoms with van der Waals surface area (Å²) < 4.78 is 4.82. The highest BCUT2D eigenvalue weighted by atomic mass is 32.2. The van der Waals surface area contributed by atoms with Gasteiger partial charge < -0.3 is 0 Å². The number of rotatable bonds is 1. The molecule has 0 N–H and O–H groups in total. The van der Waals surface area contributed by atoms with Gasteiger partial charge in [0.25, 0.3) is 0 Å². The van der Waals surface area contributed by atoms with Crippen LogP contribution in [0.25, 0.3) is 0 Å². The Morgan fingerprint density at radius 3 is 3.09 bits per heavy atom. The minimum absolute atomic E-state index is 0.670. The highest BCUT2D eigenvalue weighted by Crippen LogP contribution is 2.26. The molecule has 0 saturated carbocycles. The number of hydrogen-bond donors (Lipinski definition) is 0. The van der Waals surface area contributed by atoms with Gasteiger partial charge in [-0.05, 0) is 24.5 Å². The lowest BCUT2D eigenvalue weighted by molar-refractivity contribution is -0.189. The fraction of sp³-hybridized carbons (Fsp3) is 0.714. The Balaban J connectivity index is 2.56. The molecule has 1 rings (SSSR count). The van der Waals surface area contributed by atoms with Crippen LogP contribution >= 0.6 is 23.8 Å². The van der Waals surface area contributed by atoms with E-state index in [0.29, 0.717) is 6.61 Å². The first kappa shape index (κ1) is 9.45. The van der Waals surface area contributed by atoms with E-state index in [1.165, 1.54) is 22.5 Å². The maximum absolute atomic E-state index is 4.86. The molecular formula is C7H12O2S2. The van der Waals surface area contributed by atoms with E-state index < -0.39 is 0 Å². The molecular weight excluding hydrogens is 180 g/mol. The lowest BCUT2D eigenvalue weighted by Gasteiger charge is -2.12. The predicted octanol–water partition coefficient (Wildman–Crippen LogP) is 2.62. The SMILES string of the molecule is CSC1=C(C)CCOOSC1. The highest BCUT2D eigenvalue weighted by molar-refractivity contribution is 8.04. The van der Waals surface area contributed by atoms with E-state index in [0.717, 1.165) is 12.2 Å². The number of hydrogen-bond acceptors (Lipinski definition) is 4. The van der Waals surface area contributed by atoms with Crippen LogP contribution in [-0.2, 0) is 9.22 Å². The lowest BCUT2D eigenvalue weighted by Crippen LogP contribution is -2.00.